The Morgan fingerprint density at radius 3 is 2.26 bits per heavy atom. The van der Waals surface area contributed by atoms with Crippen LogP contribution in [0.1, 0.15) is 71.1 Å². The van der Waals surface area contributed by atoms with E-state index >= 15 is 0 Å². The molecule has 0 heterocycles. The van der Waals surface area contributed by atoms with Gasteiger partial charge in [-0.2, -0.15) is 0 Å². The van der Waals surface area contributed by atoms with Crippen LogP contribution in [0, 0.1) is 5.41 Å². The fraction of sp³-hybridized carbons (Fsp3) is 0.812. The number of amides is 1. The summed E-state index contributed by atoms with van der Waals surface area (Å²) in [5.74, 6) is -1.37. The van der Waals surface area contributed by atoms with Crippen LogP contribution in [0.15, 0.2) is 0 Å². The normalized spacial score (nSPS) is 11.7. The van der Waals surface area contributed by atoms with Crippen molar-refractivity contribution in [1.82, 2.24) is 10.6 Å². The third-order valence-corrected chi connectivity index (χ3v) is 3.63. The fourth-order valence-electron chi connectivity index (χ4n) is 2.30. The lowest BCUT2D eigenvalue weighted by atomic mass is 10.1. The van der Waals surface area contributed by atoms with E-state index < -0.39 is 12.0 Å². The Balaban J connectivity index is 3.79. The van der Waals surface area contributed by atoms with E-state index in [0.717, 1.165) is 19.3 Å². The number of rotatable bonds is 14. The van der Waals surface area contributed by atoms with Gasteiger partial charge in [-0.25, -0.2) is 4.79 Å². The van der Waals surface area contributed by atoms with Crippen molar-refractivity contribution >= 4 is 17.8 Å². The van der Waals surface area contributed by atoms with Crippen LogP contribution >= 0.6 is 0 Å². The fourth-order valence-corrected chi connectivity index (χ4v) is 2.30. The molecule has 0 aromatic carbocycles. The van der Waals surface area contributed by atoms with Crippen LogP contribution in [-0.4, -0.2) is 35.5 Å². The van der Waals surface area contributed by atoms with E-state index in [-0.39, 0.29) is 11.9 Å². The van der Waals surface area contributed by atoms with Crippen molar-refractivity contribution in [2.75, 3.05) is 6.54 Å². The highest BCUT2D eigenvalue weighted by atomic mass is 16.4. The average molecular weight is 328 g/mol. The summed E-state index contributed by atoms with van der Waals surface area (Å²) in [6, 6.07) is -0.874. The zero-order chi connectivity index (χ0) is 17.5. The molecule has 134 valence electrons. The van der Waals surface area contributed by atoms with Crippen LogP contribution in [0.5, 0.6) is 0 Å². The summed E-state index contributed by atoms with van der Waals surface area (Å²) in [7, 11) is 0. The Morgan fingerprint density at radius 1 is 1.09 bits per heavy atom. The molecule has 7 heteroatoms. The summed E-state index contributed by atoms with van der Waals surface area (Å²) >= 11 is 0. The van der Waals surface area contributed by atoms with Crippen LogP contribution in [0.4, 0.5) is 0 Å². The predicted octanol–water partition coefficient (Wildman–Crippen LogP) is 1.96. The Hall–Kier alpha value is -1.79. The number of nitrogens with one attached hydrogen (secondary N) is 3. The number of carbonyl (C=O) groups excluding carboxylic acids is 1. The highest BCUT2D eigenvalue weighted by Gasteiger charge is 2.18. The van der Waals surface area contributed by atoms with Gasteiger partial charge in [-0.05, 0) is 19.3 Å². The molecule has 0 spiro atoms. The zero-order valence-corrected chi connectivity index (χ0v) is 14.2. The molecular formula is C16H32N4O3. The minimum atomic E-state index is -1.03. The number of unbranched alkanes of at least 4 members (excludes halogenated alkanes) is 6. The molecule has 0 unspecified atom stereocenters. The lowest BCUT2D eigenvalue weighted by molar-refractivity contribution is -0.142. The molecule has 0 aliphatic heterocycles. The van der Waals surface area contributed by atoms with Crippen molar-refractivity contribution in [3.63, 3.8) is 0 Å². The summed E-state index contributed by atoms with van der Waals surface area (Å²) < 4.78 is 0. The van der Waals surface area contributed by atoms with Crippen molar-refractivity contribution < 1.29 is 14.7 Å². The second kappa shape index (κ2) is 13.8. The van der Waals surface area contributed by atoms with Gasteiger partial charge in [0.2, 0.25) is 5.91 Å². The van der Waals surface area contributed by atoms with Gasteiger partial charge in [-0.3, -0.25) is 10.2 Å². The van der Waals surface area contributed by atoms with Crippen molar-refractivity contribution in [3.05, 3.63) is 0 Å². The summed E-state index contributed by atoms with van der Waals surface area (Å²) in [4.78, 5) is 22.9. The molecule has 0 rings (SSSR count). The van der Waals surface area contributed by atoms with Gasteiger partial charge < -0.3 is 21.5 Å². The van der Waals surface area contributed by atoms with Crippen LogP contribution in [0.25, 0.3) is 0 Å². The number of hydrogen-bond acceptors (Lipinski definition) is 3. The molecule has 0 aliphatic rings. The summed E-state index contributed by atoms with van der Waals surface area (Å²) in [6.07, 6.45) is 9.10. The van der Waals surface area contributed by atoms with Crippen LogP contribution < -0.4 is 16.4 Å². The third-order valence-electron chi connectivity index (χ3n) is 3.63. The van der Waals surface area contributed by atoms with E-state index in [9.17, 15) is 9.59 Å². The molecule has 0 saturated heterocycles. The van der Waals surface area contributed by atoms with Gasteiger partial charge in [-0.15, -0.1) is 0 Å². The van der Waals surface area contributed by atoms with Gasteiger partial charge in [-0.1, -0.05) is 45.4 Å². The molecule has 0 aliphatic carbocycles. The van der Waals surface area contributed by atoms with Gasteiger partial charge in [0.25, 0.3) is 0 Å². The SMILES string of the molecule is CCCCCCCCCC(=O)N[C@@H](CCCNC(=N)N)C(=O)O. The Bertz CT molecular complexity index is 361. The number of guanidine groups is 1. The molecule has 6 N–H and O–H groups in total. The molecule has 0 aromatic rings. The first-order valence-electron chi connectivity index (χ1n) is 8.57. The lowest BCUT2D eigenvalue weighted by Gasteiger charge is -2.14. The van der Waals surface area contributed by atoms with Gasteiger partial charge >= 0.3 is 5.97 Å². The maximum absolute atomic E-state index is 11.8. The van der Waals surface area contributed by atoms with Crippen molar-refractivity contribution in [2.45, 2.75) is 77.2 Å². The summed E-state index contributed by atoms with van der Waals surface area (Å²) in [5, 5.41) is 21.3. The standard InChI is InChI=1S/C16H32N4O3/c1-2-3-4-5-6-7-8-11-14(21)20-13(15(22)23)10-9-12-19-16(17)18/h13H,2-12H2,1H3,(H,20,21)(H,22,23)(H4,17,18,19)/t13-/m0/s1. The molecule has 0 bridgehead atoms. The largest absolute Gasteiger partial charge is 0.480 e. The quantitative estimate of drug-likeness (QED) is 0.189. The van der Waals surface area contributed by atoms with Crippen molar-refractivity contribution in [1.29, 1.82) is 5.41 Å². The van der Waals surface area contributed by atoms with E-state index in [1.165, 1.54) is 25.7 Å². The molecular weight excluding hydrogens is 296 g/mol. The van der Waals surface area contributed by atoms with Crippen molar-refractivity contribution in [2.24, 2.45) is 5.73 Å². The van der Waals surface area contributed by atoms with Gasteiger partial charge in [0, 0.05) is 13.0 Å². The average Bonchev–Trinajstić information content (AvgIpc) is 2.49. The molecule has 23 heavy (non-hydrogen) atoms. The molecule has 1 atom stereocenters. The first-order chi connectivity index (χ1) is 11.0. The zero-order valence-electron chi connectivity index (χ0n) is 14.2. The van der Waals surface area contributed by atoms with Crippen LogP contribution in [0.3, 0.4) is 0 Å². The minimum absolute atomic E-state index is 0.139. The summed E-state index contributed by atoms with van der Waals surface area (Å²) in [6.45, 7) is 2.60. The Kier molecular flexibility index (Phi) is 12.8. The monoisotopic (exact) mass is 328 g/mol. The molecule has 0 radical (unpaired) electrons. The third kappa shape index (κ3) is 13.6. The van der Waals surface area contributed by atoms with Gasteiger partial charge in [0.1, 0.15) is 6.04 Å². The first kappa shape index (κ1) is 21.2. The Labute approximate surface area is 138 Å². The van der Waals surface area contributed by atoms with E-state index in [1.807, 2.05) is 0 Å². The van der Waals surface area contributed by atoms with Gasteiger partial charge in [0.15, 0.2) is 5.96 Å². The number of carboxylic acids is 1. The topological polar surface area (TPSA) is 128 Å². The number of carboxylic acid groups (broad SMARTS) is 1. The van der Waals surface area contributed by atoms with E-state index in [0.29, 0.717) is 25.8 Å². The van der Waals surface area contributed by atoms with Crippen molar-refractivity contribution in [3.8, 4) is 0 Å². The van der Waals surface area contributed by atoms with E-state index in [2.05, 4.69) is 17.6 Å². The highest BCUT2D eigenvalue weighted by molar-refractivity contribution is 5.83. The number of hydrogen-bond donors (Lipinski definition) is 5. The highest BCUT2D eigenvalue weighted by Crippen LogP contribution is 2.08. The molecule has 0 saturated carbocycles. The number of nitrogens with two attached hydrogens (primary N) is 1. The predicted molar refractivity (Wildman–Crippen MR) is 91.3 cm³/mol. The maximum Gasteiger partial charge on any atom is 0.326 e. The van der Waals surface area contributed by atoms with E-state index in [1.54, 1.807) is 0 Å². The smallest absolute Gasteiger partial charge is 0.326 e. The minimum Gasteiger partial charge on any atom is -0.480 e. The number of carbonyl (C=O) groups is 2. The molecule has 0 aromatic heterocycles. The van der Waals surface area contributed by atoms with Crippen LogP contribution in [-0.2, 0) is 9.59 Å². The van der Waals surface area contributed by atoms with Gasteiger partial charge in [0.05, 0.1) is 0 Å². The number of aliphatic carboxylic acids is 1. The second-order valence-electron chi connectivity index (χ2n) is 5.81. The molecule has 0 fully saturated rings. The lowest BCUT2D eigenvalue weighted by Crippen LogP contribution is -2.41. The Morgan fingerprint density at radius 2 is 1.70 bits per heavy atom. The van der Waals surface area contributed by atoms with E-state index in [4.69, 9.17) is 16.2 Å². The molecule has 7 nitrogen and oxygen atoms in total. The first-order valence-corrected chi connectivity index (χ1v) is 8.57. The molecule has 1 amide bonds. The maximum atomic E-state index is 11.8. The van der Waals surface area contributed by atoms with Crippen LogP contribution in [0.2, 0.25) is 0 Å². The summed E-state index contributed by atoms with van der Waals surface area (Å²) in [5.41, 5.74) is 5.14. The second-order valence-corrected chi connectivity index (χ2v) is 5.81.